The van der Waals surface area contributed by atoms with Crippen LogP contribution in [0.25, 0.3) is 0 Å². The number of hydrogen-bond acceptors (Lipinski definition) is 3. The highest BCUT2D eigenvalue weighted by molar-refractivity contribution is 5.76. The van der Waals surface area contributed by atoms with Crippen LogP contribution in [0.4, 0.5) is 0 Å². The Hall–Kier alpha value is -1.94. The number of aryl methyl sites for hydroxylation is 1. The van der Waals surface area contributed by atoms with Gasteiger partial charge in [-0.25, -0.2) is 0 Å². The van der Waals surface area contributed by atoms with Crippen LogP contribution in [0.1, 0.15) is 109 Å². The molecule has 0 spiro atoms. The fourth-order valence-corrected chi connectivity index (χ4v) is 3.90. The van der Waals surface area contributed by atoms with Gasteiger partial charge in [-0.1, -0.05) is 72.7 Å². The molecule has 1 aromatic rings. The number of benzene rings is 1. The topological polar surface area (TPSA) is 58.2 Å². The Morgan fingerprint density at radius 2 is 1.79 bits per heavy atom. The van der Waals surface area contributed by atoms with Gasteiger partial charge in [-0.2, -0.15) is 0 Å². The van der Waals surface area contributed by atoms with Gasteiger partial charge in [0.15, 0.2) is 0 Å². The van der Waals surface area contributed by atoms with Crippen LogP contribution in [-0.2, 0) is 16.0 Å². The summed E-state index contributed by atoms with van der Waals surface area (Å²) in [5.74, 6) is 1.39. The lowest BCUT2D eigenvalue weighted by Gasteiger charge is -2.25. The van der Waals surface area contributed by atoms with E-state index in [-0.39, 0.29) is 5.91 Å². The molecule has 1 unspecified atom stereocenters. The van der Waals surface area contributed by atoms with Crippen LogP contribution < -0.4 is 10.6 Å². The molecule has 190 valence electrons. The van der Waals surface area contributed by atoms with Gasteiger partial charge < -0.3 is 15.4 Å². The molecule has 0 radical (unpaired) electrons. The van der Waals surface area contributed by atoms with Crippen molar-refractivity contribution in [2.45, 2.75) is 106 Å². The van der Waals surface area contributed by atoms with E-state index in [0.717, 1.165) is 38.1 Å². The number of amides is 1. The second kappa shape index (κ2) is 23.2. The Labute approximate surface area is 205 Å². The van der Waals surface area contributed by atoms with E-state index in [4.69, 9.17) is 0 Å². The van der Waals surface area contributed by atoms with Crippen molar-refractivity contribution in [3.63, 3.8) is 0 Å². The average Bonchev–Trinajstić information content (AvgIpc) is 2.87. The number of hydrogen-bond donors (Lipinski definition) is 2. The molecule has 2 rings (SSSR count). The first-order chi connectivity index (χ1) is 16.0. The molecule has 1 aliphatic heterocycles. The van der Waals surface area contributed by atoms with Gasteiger partial charge in [0, 0.05) is 12.8 Å². The van der Waals surface area contributed by atoms with Crippen LogP contribution in [0, 0.1) is 12.8 Å². The molecule has 0 aromatic heterocycles. The lowest BCUT2D eigenvalue weighted by Crippen LogP contribution is -2.27. The number of nitrogens with one attached hydrogen (secondary N) is 2. The highest BCUT2D eigenvalue weighted by Gasteiger charge is 2.18. The van der Waals surface area contributed by atoms with Crippen LogP contribution in [0.15, 0.2) is 31.0 Å². The molecule has 1 aromatic carbocycles. The van der Waals surface area contributed by atoms with Crippen LogP contribution in [0.5, 0.6) is 0 Å². The van der Waals surface area contributed by atoms with Crippen molar-refractivity contribution in [1.82, 2.24) is 10.6 Å². The highest BCUT2D eigenvalue weighted by atomic mass is 16.1. The van der Waals surface area contributed by atoms with E-state index in [1.165, 1.54) is 43.0 Å². The minimum absolute atomic E-state index is 0.0763. The molecule has 4 nitrogen and oxygen atoms in total. The van der Waals surface area contributed by atoms with E-state index >= 15 is 0 Å². The lowest BCUT2D eigenvalue weighted by molar-refractivity contribution is -0.120. The molecule has 2 N–H and O–H groups in total. The van der Waals surface area contributed by atoms with Gasteiger partial charge in [-0.15, -0.1) is 0 Å². The van der Waals surface area contributed by atoms with Gasteiger partial charge >= 0.3 is 0 Å². The van der Waals surface area contributed by atoms with E-state index in [1.54, 1.807) is 5.56 Å². The van der Waals surface area contributed by atoms with Crippen molar-refractivity contribution in [3.8, 4) is 0 Å². The zero-order valence-electron chi connectivity index (χ0n) is 22.6. The summed E-state index contributed by atoms with van der Waals surface area (Å²) in [6, 6.07) is 6.86. The van der Waals surface area contributed by atoms with Crippen LogP contribution in [0.2, 0.25) is 0 Å². The molecule has 0 bridgehead atoms. The van der Waals surface area contributed by atoms with E-state index in [1.807, 2.05) is 34.6 Å². The van der Waals surface area contributed by atoms with Crippen molar-refractivity contribution in [1.29, 1.82) is 0 Å². The van der Waals surface area contributed by atoms with Gasteiger partial charge in [0.25, 0.3) is 0 Å². The molecule has 1 fully saturated rings. The SMILES string of the molecule is C=CNC(=O)CCC(C)CCCc1cccc(C2CCNCC2)c1C.CC.CC.CCC=O. The molecule has 0 saturated carbocycles. The second-order valence-corrected chi connectivity index (χ2v) is 8.04. The van der Waals surface area contributed by atoms with Crippen molar-refractivity contribution >= 4 is 12.2 Å². The van der Waals surface area contributed by atoms with Gasteiger partial charge in [-0.05, 0) is 86.8 Å². The van der Waals surface area contributed by atoms with Crippen molar-refractivity contribution in [2.75, 3.05) is 13.1 Å². The highest BCUT2D eigenvalue weighted by Crippen LogP contribution is 2.30. The van der Waals surface area contributed by atoms with E-state index in [2.05, 4.69) is 49.3 Å². The largest absolute Gasteiger partial charge is 0.333 e. The predicted octanol–water partition coefficient (Wildman–Crippen LogP) is 7.11. The quantitative estimate of drug-likeness (QED) is 0.366. The third-order valence-corrected chi connectivity index (χ3v) is 5.70. The molecule has 1 atom stereocenters. The minimum Gasteiger partial charge on any atom is -0.333 e. The maximum Gasteiger partial charge on any atom is 0.223 e. The standard InChI is InChI=1S/C22H34N2O.C3H6O.2C2H6/c1-4-24-22(25)12-11-17(2)7-5-8-19-9-6-10-21(18(19)3)20-13-15-23-16-14-20;1-2-3-4;2*1-2/h4,6,9-10,17,20,23H,1,5,7-8,11-16H2,2-3H3,(H,24,25);3H,2H2,1H3;2*1-2H3. The minimum atomic E-state index is 0.0763. The summed E-state index contributed by atoms with van der Waals surface area (Å²) < 4.78 is 0. The van der Waals surface area contributed by atoms with E-state index in [9.17, 15) is 9.59 Å². The van der Waals surface area contributed by atoms with Crippen molar-refractivity contribution in [3.05, 3.63) is 47.7 Å². The first-order valence-corrected chi connectivity index (χ1v) is 13.2. The molecule has 1 aliphatic rings. The second-order valence-electron chi connectivity index (χ2n) is 8.04. The van der Waals surface area contributed by atoms with E-state index in [0.29, 0.717) is 18.8 Å². The molecular formula is C29H52N2O2. The number of rotatable bonds is 10. The molecular weight excluding hydrogens is 408 g/mol. The third-order valence-electron chi connectivity index (χ3n) is 5.70. The molecule has 1 amide bonds. The van der Waals surface area contributed by atoms with E-state index < -0.39 is 0 Å². The smallest absolute Gasteiger partial charge is 0.223 e. The summed E-state index contributed by atoms with van der Waals surface area (Å²) in [5.41, 5.74) is 4.58. The van der Waals surface area contributed by atoms with Crippen LogP contribution in [0.3, 0.4) is 0 Å². The number of piperidine rings is 1. The summed E-state index contributed by atoms with van der Waals surface area (Å²) in [6.07, 6.45) is 10.6. The van der Waals surface area contributed by atoms with Gasteiger partial charge in [0.2, 0.25) is 5.91 Å². The molecule has 1 heterocycles. The summed E-state index contributed by atoms with van der Waals surface area (Å²) in [6.45, 7) is 20.2. The molecule has 4 heteroatoms. The van der Waals surface area contributed by atoms with Gasteiger partial charge in [0.05, 0.1) is 0 Å². The summed E-state index contributed by atoms with van der Waals surface area (Å²) in [7, 11) is 0. The zero-order chi connectivity index (χ0) is 25.5. The average molecular weight is 461 g/mol. The number of aldehydes is 1. The molecule has 1 saturated heterocycles. The Morgan fingerprint density at radius 1 is 1.18 bits per heavy atom. The van der Waals surface area contributed by atoms with Crippen molar-refractivity contribution in [2.24, 2.45) is 5.92 Å². The summed E-state index contributed by atoms with van der Waals surface area (Å²) >= 11 is 0. The van der Waals surface area contributed by atoms with Crippen LogP contribution in [-0.4, -0.2) is 25.3 Å². The lowest BCUT2D eigenvalue weighted by atomic mass is 9.85. The number of carbonyl (C=O) groups excluding carboxylic acids is 2. The Bertz CT molecular complexity index is 622. The molecule has 33 heavy (non-hydrogen) atoms. The first-order valence-electron chi connectivity index (χ1n) is 13.2. The van der Waals surface area contributed by atoms with Crippen LogP contribution >= 0.6 is 0 Å². The fraction of sp³-hybridized carbons (Fsp3) is 0.655. The fourth-order valence-electron chi connectivity index (χ4n) is 3.90. The Morgan fingerprint density at radius 3 is 2.33 bits per heavy atom. The Kier molecular flexibility index (Phi) is 23.4. The van der Waals surface area contributed by atoms with Gasteiger partial charge in [-0.3, -0.25) is 4.79 Å². The first kappa shape index (κ1) is 33.2. The predicted molar refractivity (Wildman–Crippen MR) is 145 cm³/mol. The summed E-state index contributed by atoms with van der Waals surface area (Å²) in [4.78, 5) is 20.7. The summed E-state index contributed by atoms with van der Waals surface area (Å²) in [5, 5.41) is 6.11. The maximum absolute atomic E-state index is 11.5. The molecule has 0 aliphatic carbocycles. The number of carbonyl (C=O) groups is 2. The monoisotopic (exact) mass is 460 g/mol. The normalized spacial score (nSPS) is 13.5. The Balaban J connectivity index is 0. The van der Waals surface area contributed by atoms with Crippen molar-refractivity contribution < 1.29 is 9.59 Å². The zero-order valence-corrected chi connectivity index (χ0v) is 22.6. The van der Waals surface area contributed by atoms with Gasteiger partial charge in [0.1, 0.15) is 6.29 Å². The third kappa shape index (κ3) is 15.5. The maximum atomic E-state index is 11.5.